The minimum atomic E-state index is -0.456. The summed E-state index contributed by atoms with van der Waals surface area (Å²) in [6, 6.07) is 19.3. The second-order valence-electron chi connectivity index (χ2n) is 4.97. The molecule has 0 bridgehead atoms. The molecule has 0 heterocycles. The Morgan fingerprint density at radius 1 is 0.955 bits per heavy atom. The van der Waals surface area contributed by atoms with E-state index in [2.05, 4.69) is 5.32 Å². The van der Waals surface area contributed by atoms with E-state index in [1.165, 1.54) is 17.0 Å². The van der Waals surface area contributed by atoms with Crippen molar-refractivity contribution < 1.29 is 9.18 Å². The van der Waals surface area contributed by atoms with Crippen LogP contribution in [0, 0.1) is 5.82 Å². The van der Waals surface area contributed by atoms with Gasteiger partial charge in [0.15, 0.2) is 0 Å². The van der Waals surface area contributed by atoms with Gasteiger partial charge in [-0.3, -0.25) is 4.90 Å². The third kappa shape index (κ3) is 2.63. The van der Waals surface area contributed by atoms with Crippen molar-refractivity contribution in [1.82, 2.24) is 0 Å². The molecule has 3 aromatic carbocycles. The van der Waals surface area contributed by atoms with E-state index in [0.29, 0.717) is 0 Å². The molecule has 0 aliphatic heterocycles. The van der Waals surface area contributed by atoms with Gasteiger partial charge < -0.3 is 5.32 Å². The fourth-order valence-electron chi connectivity index (χ4n) is 2.37. The molecule has 110 valence electrons. The molecule has 2 amide bonds. The molecule has 0 fully saturated rings. The maximum atomic E-state index is 13.6. The maximum Gasteiger partial charge on any atom is 0.326 e. The number of para-hydroxylation sites is 1. The van der Waals surface area contributed by atoms with Crippen LogP contribution in [-0.2, 0) is 0 Å². The fraction of sp³-hybridized carbons (Fsp3) is 0.0556. The van der Waals surface area contributed by atoms with Gasteiger partial charge in [-0.25, -0.2) is 9.18 Å². The van der Waals surface area contributed by atoms with Crippen LogP contribution in [0.4, 0.5) is 20.6 Å². The van der Waals surface area contributed by atoms with Crippen LogP contribution in [0.1, 0.15) is 0 Å². The average Bonchev–Trinajstić information content (AvgIpc) is 2.55. The number of halogens is 1. The van der Waals surface area contributed by atoms with Crippen molar-refractivity contribution >= 4 is 28.2 Å². The Morgan fingerprint density at radius 3 is 2.45 bits per heavy atom. The molecule has 3 nitrogen and oxygen atoms in total. The largest absolute Gasteiger partial charge is 0.326 e. The Hall–Kier alpha value is -2.88. The second kappa shape index (κ2) is 5.85. The summed E-state index contributed by atoms with van der Waals surface area (Å²) in [4.78, 5) is 13.8. The number of amides is 2. The molecule has 0 atom stereocenters. The number of anilines is 2. The number of carbonyl (C=O) groups is 1. The van der Waals surface area contributed by atoms with Crippen molar-refractivity contribution in [2.75, 3.05) is 17.3 Å². The molecule has 4 heteroatoms. The molecule has 0 aliphatic rings. The molecule has 0 radical (unpaired) electrons. The van der Waals surface area contributed by atoms with Crippen LogP contribution in [0.5, 0.6) is 0 Å². The lowest BCUT2D eigenvalue weighted by Crippen LogP contribution is -2.31. The number of carbonyl (C=O) groups excluding carboxylic acids is 1. The number of fused-ring (bicyclic) bond motifs is 1. The van der Waals surface area contributed by atoms with Crippen LogP contribution in [0.3, 0.4) is 0 Å². The third-order valence-corrected chi connectivity index (χ3v) is 3.55. The topological polar surface area (TPSA) is 32.3 Å². The van der Waals surface area contributed by atoms with Gasteiger partial charge in [-0.15, -0.1) is 0 Å². The normalized spacial score (nSPS) is 10.5. The Balaban J connectivity index is 1.91. The summed E-state index contributed by atoms with van der Waals surface area (Å²) < 4.78 is 13.6. The van der Waals surface area contributed by atoms with Gasteiger partial charge in [0.1, 0.15) is 5.82 Å². The highest BCUT2D eigenvalue weighted by Gasteiger charge is 2.14. The number of nitrogens with zero attached hydrogens (tertiary/aromatic N) is 1. The van der Waals surface area contributed by atoms with Gasteiger partial charge in [0.05, 0.1) is 11.4 Å². The minimum absolute atomic E-state index is 0.166. The van der Waals surface area contributed by atoms with Crippen molar-refractivity contribution in [2.45, 2.75) is 0 Å². The second-order valence-corrected chi connectivity index (χ2v) is 4.97. The van der Waals surface area contributed by atoms with Crippen molar-refractivity contribution in [3.05, 3.63) is 72.5 Å². The first-order valence-corrected chi connectivity index (χ1v) is 6.94. The lowest BCUT2D eigenvalue weighted by Gasteiger charge is -2.20. The van der Waals surface area contributed by atoms with Gasteiger partial charge in [0.2, 0.25) is 0 Å². The lowest BCUT2D eigenvalue weighted by molar-refractivity contribution is 0.258. The molecule has 0 aliphatic carbocycles. The quantitative estimate of drug-likeness (QED) is 0.733. The highest BCUT2D eigenvalue weighted by atomic mass is 19.1. The van der Waals surface area contributed by atoms with E-state index in [9.17, 15) is 9.18 Å². The monoisotopic (exact) mass is 294 g/mol. The zero-order valence-corrected chi connectivity index (χ0v) is 12.1. The smallest absolute Gasteiger partial charge is 0.305 e. The third-order valence-electron chi connectivity index (χ3n) is 3.55. The molecule has 0 unspecified atom stereocenters. The molecule has 3 aromatic rings. The molecule has 0 spiro atoms. The molecule has 3 rings (SSSR count). The standard InChI is InChI=1S/C18H15FN2O/c1-21(18(22)20-16-11-5-4-10-15(16)19)17-12-6-8-13-7-2-3-9-14(13)17/h2-12H,1H3,(H,20,22). The number of rotatable bonds is 2. The molecular formula is C18H15FN2O. The first kappa shape index (κ1) is 14.1. The Kier molecular flexibility index (Phi) is 3.74. The Morgan fingerprint density at radius 2 is 1.64 bits per heavy atom. The number of benzene rings is 3. The van der Waals surface area contributed by atoms with Crippen LogP contribution in [0.15, 0.2) is 66.7 Å². The van der Waals surface area contributed by atoms with Crippen LogP contribution < -0.4 is 10.2 Å². The number of nitrogens with one attached hydrogen (secondary N) is 1. The number of hydrogen-bond acceptors (Lipinski definition) is 1. The number of urea groups is 1. The summed E-state index contributed by atoms with van der Waals surface area (Å²) in [5, 5.41) is 4.60. The molecule has 0 aromatic heterocycles. The van der Waals surface area contributed by atoms with E-state index in [-0.39, 0.29) is 11.7 Å². The summed E-state index contributed by atoms with van der Waals surface area (Å²) in [7, 11) is 1.66. The average molecular weight is 294 g/mol. The summed E-state index contributed by atoms with van der Waals surface area (Å²) in [5.74, 6) is -0.456. The Labute approximate surface area is 128 Å². The van der Waals surface area contributed by atoms with Gasteiger partial charge in [-0.05, 0) is 23.6 Å². The van der Waals surface area contributed by atoms with Gasteiger partial charge >= 0.3 is 6.03 Å². The van der Waals surface area contributed by atoms with E-state index in [1.807, 2.05) is 42.5 Å². The summed E-state index contributed by atoms with van der Waals surface area (Å²) in [6.07, 6.45) is 0. The molecule has 0 saturated carbocycles. The van der Waals surface area contributed by atoms with E-state index in [1.54, 1.807) is 19.2 Å². The first-order valence-electron chi connectivity index (χ1n) is 6.94. The Bertz CT molecular complexity index is 827. The van der Waals surface area contributed by atoms with E-state index >= 15 is 0 Å². The lowest BCUT2D eigenvalue weighted by atomic mass is 10.1. The minimum Gasteiger partial charge on any atom is -0.305 e. The summed E-state index contributed by atoms with van der Waals surface area (Å²) in [5.41, 5.74) is 0.937. The zero-order chi connectivity index (χ0) is 15.5. The van der Waals surface area contributed by atoms with Crippen molar-refractivity contribution in [3.63, 3.8) is 0 Å². The van der Waals surface area contributed by atoms with Crippen LogP contribution >= 0.6 is 0 Å². The van der Waals surface area contributed by atoms with Gasteiger partial charge in [0, 0.05) is 12.4 Å². The predicted octanol–water partition coefficient (Wildman–Crippen LogP) is 4.65. The first-order chi connectivity index (χ1) is 10.7. The predicted molar refractivity (Wildman–Crippen MR) is 87.8 cm³/mol. The van der Waals surface area contributed by atoms with Crippen molar-refractivity contribution in [1.29, 1.82) is 0 Å². The molecule has 0 saturated heterocycles. The van der Waals surface area contributed by atoms with E-state index < -0.39 is 5.82 Å². The van der Waals surface area contributed by atoms with Crippen LogP contribution in [-0.4, -0.2) is 13.1 Å². The highest BCUT2D eigenvalue weighted by Crippen LogP contribution is 2.26. The van der Waals surface area contributed by atoms with Gasteiger partial charge in [-0.1, -0.05) is 48.5 Å². The molecule has 22 heavy (non-hydrogen) atoms. The van der Waals surface area contributed by atoms with Gasteiger partial charge in [-0.2, -0.15) is 0 Å². The molecular weight excluding hydrogens is 279 g/mol. The summed E-state index contributed by atoms with van der Waals surface area (Å²) >= 11 is 0. The van der Waals surface area contributed by atoms with E-state index in [0.717, 1.165) is 16.5 Å². The fourth-order valence-corrected chi connectivity index (χ4v) is 2.37. The SMILES string of the molecule is CN(C(=O)Nc1ccccc1F)c1cccc2ccccc12. The van der Waals surface area contributed by atoms with Gasteiger partial charge in [0.25, 0.3) is 0 Å². The zero-order valence-electron chi connectivity index (χ0n) is 12.1. The highest BCUT2D eigenvalue weighted by molar-refractivity contribution is 6.07. The maximum absolute atomic E-state index is 13.6. The van der Waals surface area contributed by atoms with E-state index in [4.69, 9.17) is 0 Å². The summed E-state index contributed by atoms with van der Waals surface area (Å²) in [6.45, 7) is 0. The van der Waals surface area contributed by atoms with Crippen molar-refractivity contribution in [2.24, 2.45) is 0 Å². The molecule has 1 N–H and O–H groups in total. The number of hydrogen-bond donors (Lipinski definition) is 1. The van der Waals surface area contributed by atoms with Crippen molar-refractivity contribution in [3.8, 4) is 0 Å². The van der Waals surface area contributed by atoms with Crippen LogP contribution in [0.2, 0.25) is 0 Å². The van der Waals surface area contributed by atoms with Crippen LogP contribution in [0.25, 0.3) is 10.8 Å².